The standard InChI is InChI=1S/C21H21F5N6O3S/c1-30-18-12(16(29-30)11-8-13(21(24,25)26)15(23)17(33)14(11)22)9-27-19(28-18)32-7-6-31(36(2,34)35)10-20(32)4-3-5-20/h8-9,33H,3-7,10H2,1-2H3. The van der Waals surface area contributed by atoms with Gasteiger partial charge in [0, 0.05) is 38.4 Å². The Kier molecular flexibility index (Phi) is 5.45. The number of fused-ring (bicyclic) bond motifs is 1. The van der Waals surface area contributed by atoms with E-state index < -0.39 is 50.2 Å². The van der Waals surface area contributed by atoms with Crippen LogP contribution in [0.5, 0.6) is 5.75 Å². The van der Waals surface area contributed by atoms with Crippen LogP contribution in [0.3, 0.4) is 0 Å². The number of halogens is 5. The van der Waals surface area contributed by atoms with Gasteiger partial charge in [-0.05, 0) is 25.3 Å². The summed E-state index contributed by atoms with van der Waals surface area (Å²) in [6.07, 6.45) is -0.368. The summed E-state index contributed by atoms with van der Waals surface area (Å²) >= 11 is 0. The van der Waals surface area contributed by atoms with Gasteiger partial charge in [-0.15, -0.1) is 0 Å². The third-order valence-electron chi connectivity index (χ3n) is 6.92. The second kappa shape index (κ2) is 7.96. The number of hydrogen-bond acceptors (Lipinski definition) is 7. The van der Waals surface area contributed by atoms with Crippen LogP contribution in [0, 0.1) is 11.6 Å². The molecule has 3 aromatic rings. The molecule has 0 radical (unpaired) electrons. The minimum Gasteiger partial charge on any atom is -0.503 e. The highest BCUT2D eigenvalue weighted by Crippen LogP contribution is 2.44. The molecule has 0 bridgehead atoms. The molecular weight excluding hydrogens is 511 g/mol. The molecule has 1 saturated carbocycles. The average Bonchev–Trinajstić information content (AvgIpc) is 3.10. The number of aromatic hydroxyl groups is 1. The van der Waals surface area contributed by atoms with Crippen LogP contribution in [0.2, 0.25) is 0 Å². The Morgan fingerprint density at radius 3 is 2.42 bits per heavy atom. The van der Waals surface area contributed by atoms with Gasteiger partial charge in [0.05, 0.1) is 22.7 Å². The van der Waals surface area contributed by atoms with Crippen molar-refractivity contribution in [3.05, 3.63) is 29.5 Å². The fourth-order valence-electron chi connectivity index (χ4n) is 4.91. The van der Waals surface area contributed by atoms with E-state index in [-0.39, 0.29) is 41.8 Å². The van der Waals surface area contributed by atoms with Gasteiger partial charge < -0.3 is 10.0 Å². The number of rotatable bonds is 3. The summed E-state index contributed by atoms with van der Waals surface area (Å²) in [7, 11) is -1.93. The Labute approximate surface area is 202 Å². The molecule has 194 valence electrons. The van der Waals surface area contributed by atoms with E-state index in [1.165, 1.54) is 22.2 Å². The fraction of sp³-hybridized carbons (Fsp3) is 0.476. The van der Waals surface area contributed by atoms with Crippen LogP contribution in [-0.4, -0.2) is 69.0 Å². The van der Waals surface area contributed by atoms with Gasteiger partial charge in [-0.25, -0.2) is 26.9 Å². The van der Waals surface area contributed by atoms with Crippen molar-refractivity contribution >= 4 is 27.0 Å². The highest BCUT2D eigenvalue weighted by Gasteiger charge is 2.49. The number of phenolic OH excluding ortho intramolecular Hbond substituents is 1. The summed E-state index contributed by atoms with van der Waals surface area (Å²) in [5.74, 6) is -5.17. The first-order valence-electron chi connectivity index (χ1n) is 10.9. The number of nitrogens with zero attached hydrogens (tertiary/aromatic N) is 6. The predicted octanol–water partition coefficient (Wildman–Crippen LogP) is 3.04. The van der Waals surface area contributed by atoms with Crippen molar-refractivity contribution in [2.45, 2.75) is 31.0 Å². The molecule has 1 N–H and O–H groups in total. The van der Waals surface area contributed by atoms with Crippen molar-refractivity contribution in [3.8, 4) is 17.0 Å². The monoisotopic (exact) mass is 532 g/mol. The minimum atomic E-state index is -5.18. The number of phenols is 1. The molecule has 1 aliphatic heterocycles. The highest BCUT2D eigenvalue weighted by atomic mass is 32.2. The molecule has 0 unspecified atom stereocenters. The van der Waals surface area contributed by atoms with E-state index in [1.54, 1.807) is 0 Å². The number of alkyl halides is 3. The van der Waals surface area contributed by atoms with Crippen molar-refractivity contribution in [3.63, 3.8) is 0 Å². The molecule has 0 atom stereocenters. The smallest absolute Gasteiger partial charge is 0.419 e. The second-order valence-corrected chi connectivity index (χ2v) is 11.1. The lowest BCUT2D eigenvalue weighted by atomic mass is 9.74. The summed E-state index contributed by atoms with van der Waals surface area (Å²) in [6, 6.07) is 0.258. The third-order valence-corrected chi connectivity index (χ3v) is 8.17. The predicted molar refractivity (Wildman–Crippen MR) is 119 cm³/mol. The average molecular weight is 532 g/mol. The van der Waals surface area contributed by atoms with Gasteiger partial charge in [0.2, 0.25) is 16.0 Å². The Balaban J connectivity index is 1.59. The number of aryl methyl sites for hydroxylation is 1. The Morgan fingerprint density at radius 2 is 1.83 bits per heavy atom. The molecule has 2 aromatic heterocycles. The molecule has 1 aliphatic carbocycles. The largest absolute Gasteiger partial charge is 0.503 e. The lowest BCUT2D eigenvalue weighted by Gasteiger charge is -2.55. The van der Waals surface area contributed by atoms with Crippen LogP contribution in [0.4, 0.5) is 27.9 Å². The first-order valence-corrected chi connectivity index (χ1v) is 12.8. The molecule has 36 heavy (non-hydrogen) atoms. The van der Waals surface area contributed by atoms with Crippen molar-refractivity contribution in [2.24, 2.45) is 7.05 Å². The van der Waals surface area contributed by atoms with Gasteiger partial charge >= 0.3 is 6.18 Å². The van der Waals surface area contributed by atoms with Crippen LogP contribution in [0.25, 0.3) is 22.3 Å². The fourth-order valence-corrected chi connectivity index (χ4v) is 5.80. The van der Waals surface area contributed by atoms with E-state index >= 15 is 0 Å². The summed E-state index contributed by atoms with van der Waals surface area (Å²) < 4.78 is 95.3. The van der Waals surface area contributed by atoms with Gasteiger partial charge in [-0.3, -0.25) is 0 Å². The van der Waals surface area contributed by atoms with E-state index in [4.69, 9.17) is 0 Å². The second-order valence-electron chi connectivity index (χ2n) is 9.15. The normalized spacial score (nSPS) is 18.7. The van der Waals surface area contributed by atoms with Crippen molar-refractivity contribution in [1.82, 2.24) is 24.1 Å². The maximum absolute atomic E-state index is 14.7. The van der Waals surface area contributed by atoms with Crippen LogP contribution < -0.4 is 4.90 Å². The van der Waals surface area contributed by atoms with Gasteiger partial charge in [-0.1, -0.05) is 0 Å². The molecule has 3 heterocycles. The van der Waals surface area contributed by atoms with E-state index in [1.807, 2.05) is 4.90 Å². The molecule has 1 spiro atoms. The Hall–Kier alpha value is -3.07. The number of aromatic nitrogens is 4. The number of benzene rings is 1. The molecular formula is C21H21F5N6O3S. The third kappa shape index (κ3) is 3.75. The molecule has 5 rings (SSSR count). The summed E-state index contributed by atoms with van der Waals surface area (Å²) in [6.45, 7) is 0.849. The van der Waals surface area contributed by atoms with Crippen LogP contribution in [0.1, 0.15) is 24.8 Å². The SMILES string of the molecule is Cn1nc(-c2cc(C(F)(F)F)c(F)c(O)c2F)c2cnc(N3CCN(S(C)(=O)=O)CC34CCC4)nc21. The Bertz CT molecular complexity index is 1490. The van der Waals surface area contributed by atoms with Gasteiger partial charge in [0.1, 0.15) is 5.69 Å². The van der Waals surface area contributed by atoms with Gasteiger partial charge in [0.15, 0.2) is 23.0 Å². The zero-order chi connectivity index (χ0) is 26.2. The van der Waals surface area contributed by atoms with Gasteiger partial charge in [0.25, 0.3) is 0 Å². The van der Waals surface area contributed by atoms with E-state index in [9.17, 15) is 35.5 Å². The summed E-state index contributed by atoms with van der Waals surface area (Å²) in [5.41, 5.74) is -3.18. The molecule has 2 fully saturated rings. The zero-order valence-electron chi connectivity index (χ0n) is 19.1. The number of sulfonamides is 1. The van der Waals surface area contributed by atoms with Gasteiger partial charge in [-0.2, -0.15) is 27.6 Å². The highest BCUT2D eigenvalue weighted by molar-refractivity contribution is 7.88. The molecule has 1 aromatic carbocycles. The van der Waals surface area contributed by atoms with Crippen molar-refractivity contribution in [2.75, 3.05) is 30.8 Å². The topological polar surface area (TPSA) is 104 Å². The molecule has 15 heteroatoms. The van der Waals surface area contributed by atoms with E-state index in [0.29, 0.717) is 6.54 Å². The van der Waals surface area contributed by atoms with Crippen LogP contribution in [0.15, 0.2) is 12.3 Å². The number of hydrogen-bond donors (Lipinski definition) is 1. The number of piperazine rings is 1. The maximum atomic E-state index is 14.7. The molecule has 9 nitrogen and oxygen atoms in total. The van der Waals surface area contributed by atoms with Crippen molar-refractivity contribution < 1.29 is 35.5 Å². The van der Waals surface area contributed by atoms with Crippen LogP contribution >= 0.6 is 0 Å². The van der Waals surface area contributed by atoms with Crippen LogP contribution in [-0.2, 0) is 23.2 Å². The van der Waals surface area contributed by atoms with Crippen molar-refractivity contribution in [1.29, 1.82) is 0 Å². The van der Waals surface area contributed by atoms with E-state index in [0.717, 1.165) is 25.5 Å². The number of anilines is 1. The maximum Gasteiger partial charge on any atom is 0.419 e. The minimum absolute atomic E-state index is 0.0942. The lowest BCUT2D eigenvalue weighted by Crippen LogP contribution is -2.66. The molecule has 2 aliphatic rings. The first-order chi connectivity index (χ1) is 16.7. The lowest BCUT2D eigenvalue weighted by molar-refractivity contribution is -0.140. The first kappa shape index (κ1) is 24.6. The molecule has 1 saturated heterocycles. The Morgan fingerprint density at radius 1 is 1.14 bits per heavy atom. The quantitative estimate of drug-likeness (QED) is 0.517. The summed E-state index contributed by atoms with van der Waals surface area (Å²) in [5, 5.41) is 13.9. The zero-order valence-corrected chi connectivity index (χ0v) is 20.0. The summed E-state index contributed by atoms with van der Waals surface area (Å²) in [4.78, 5) is 10.8. The molecule has 0 amide bonds. The van der Waals surface area contributed by atoms with E-state index in [2.05, 4.69) is 15.1 Å².